The second kappa shape index (κ2) is 28.4. The first-order valence-corrected chi connectivity index (χ1v) is 21.5. The molecule has 50 heavy (non-hydrogen) atoms. The molecule has 3 aliphatic carbocycles. The first kappa shape index (κ1) is 46.9. The van der Waals surface area contributed by atoms with Gasteiger partial charge in [0.1, 0.15) is 0 Å². The minimum absolute atomic E-state index is 0.0160. The molecule has 3 heteroatoms. The third kappa shape index (κ3) is 22.7. The van der Waals surface area contributed by atoms with E-state index < -0.39 is 0 Å². The summed E-state index contributed by atoms with van der Waals surface area (Å²) in [5.41, 5.74) is 5.84. The molecular weight excluding hydrogens is 613 g/mol. The van der Waals surface area contributed by atoms with Crippen LogP contribution in [0.5, 0.6) is 0 Å². The molecule has 0 amide bonds. The maximum absolute atomic E-state index is 9.78. The summed E-state index contributed by atoms with van der Waals surface area (Å²) in [6, 6.07) is 0. The SMILES string of the molecule is CC(C)=CCC/C(C)=C/CC1CCCC1O.CC/C(C)=C/CC/C(C)=C/CC1CCCC1O.CCC(C)CCCC(C)CCC1CCCC1O. The molecule has 3 N–H and O–H groups in total. The second-order valence-electron chi connectivity index (χ2n) is 17.2. The fourth-order valence-electron chi connectivity index (χ4n) is 7.79. The van der Waals surface area contributed by atoms with Crippen molar-refractivity contribution in [3.05, 3.63) is 46.6 Å². The molecule has 0 aliphatic heterocycles. The van der Waals surface area contributed by atoms with Crippen molar-refractivity contribution in [2.45, 2.75) is 222 Å². The third-order valence-corrected chi connectivity index (χ3v) is 12.2. The zero-order valence-corrected chi connectivity index (χ0v) is 34.8. The minimum Gasteiger partial charge on any atom is -0.393 e. The van der Waals surface area contributed by atoms with Crippen LogP contribution in [0, 0.1) is 29.6 Å². The molecule has 0 spiro atoms. The van der Waals surface area contributed by atoms with Crippen LogP contribution < -0.4 is 0 Å². The van der Waals surface area contributed by atoms with Gasteiger partial charge in [-0.05, 0) is 154 Å². The number of rotatable bonds is 19. The molecule has 0 heterocycles. The van der Waals surface area contributed by atoms with Gasteiger partial charge in [0, 0.05) is 0 Å². The summed E-state index contributed by atoms with van der Waals surface area (Å²) in [6.07, 6.45) is 35.7. The summed E-state index contributed by atoms with van der Waals surface area (Å²) in [5.74, 6) is 3.42. The van der Waals surface area contributed by atoms with Crippen molar-refractivity contribution in [1.82, 2.24) is 0 Å². The van der Waals surface area contributed by atoms with Crippen LogP contribution in [-0.2, 0) is 0 Å². The largest absolute Gasteiger partial charge is 0.393 e. The molecule has 0 aromatic rings. The van der Waals surface area contributed by atoms with Crippen molar-refractivity contribution in [2.75, 3.05) is 0 Å². The monoisotopic (exact) mass is 699 g/mol. The van der Waals surface area contributed by atoms with Crippen molar-refractivity contribution < 1.29 is 15.3 Å². The molecule has 3 nitrogen and oxygen atoms in total. The molecule has 8 atom stereocenters. The van der Waals surface area contributed by atoms with E-state index in [1.54, 1.807) is 0 Å². The molecule has 0 aromatic carbocycles. The van der Waals surface area contributed by atoms with Gasteiger partial charge >= 0.3 is 0 Å². The quantitative estimate of drug-likeness (QED) is 0.118. The van der Waals surface area contributed by atoms with Crippen LogP contribution >= 0.6 is 0 Å². The highest BCUT2D eigenvalue weighted by Crippen LogP contribution is 2.32. The molecule has 0 aromatic heterocycles. The lowest BCUT2D eigenvalue weighted by atomic mass is 9.90. The summed E-state index contributed by atoms with van der Waals surface area (Å²) < 4.78 is 0. The van der Waals surface area contributed by atoms with Crippen LogP contribution in [0.2, 0.25) is 0 Å². The van der Waals surface area contributed by atoms with E-state index in [0.29, 0.717) is 17.8 Å². The average molecular weight is 699 g/mol. The molecule has 8 unspecified atom stereocenters. The van der Waals surface area contributed by atoms with Crippen LogP contribution in [-0.4, -0.2) is 33.6 Å². The molecule has 3 rings (SSSR count). The van der Waals surface area contributed by atoms with Crippen molar-refractivity contribution in [3.63, 3.8) is 0 Å². The van der Waals surface area contributed by atoms with Gasteiger partial charge in [0.15, 0.2) is 0 Å². The smallest absolute Gasteiger partial charge is 0.0571 e. The Morgan fingerprint density at radius 2 is 1.02 bits per heavy atom. The van der Waals surface area contributed by atoms with Crippen LogP contribution in [0.1, 0.15) is 204 Å². The first-order valence-electron chi connectivity index (χ1n) is 21.5. The second-order valence-corrected chi connectivity index (χ2v) is 17.2. The summed E-state index contributed by atoms with van der Waals surface area (Å²) in [7, 11) is 0. The summed E-state index contributed by atoms with van der Waals surface area (Å²) in [5, 5.41) is 29.2. The maximum atomic E-state index is 9.78. The first-order chi connectivity index (χ1) is 23.9. The Bertz CT molecular complexity index is 969. The zero-order valence-electron chi connectivity index (χ0n) is 34.8. The van der Waals surface area contributed by atoms with Crippen molar-refractivity contribution >= 4 is 0 Å². The molecule has 0 saturated heterocycles. The van der Waals surface area contributed by atoms with E-state index in [1.807, 2.05) is 0 Å². The Kier molecular flexibility index (Phi) is 26.6. The Morgan fingerprint density at radius 1 is 0.560 bits per heavy atom. The number of aliphatic hydroxyl groups excluding tert-OH is 3. The summed E-state index contributed by atoms with van der Waals surface area (Å²) in [4.78, 5) is 0. The van der Waals surface area contributed by atoms with Gasteiger partial charge in [0.2, 0.25) is 0 Å². The van der Waals surface area contributed by atoms with E-state index in [0.717, 1.165) is 69.6 Å². The highest BCUT2D eigenvalue weighted by Gasteiger charge is 2.26. The lowest BCUT2D eigenvalue weighted by Gasteiger charge is -2.18. The number of aliphatic hydroxyl groups is 3. The maximum Gasteiger partial charge on any atom is 0.0571 e. The Hall–Kier alpha value is -1.16. The van der Waals surface area contributed by atoms with E-state index in [2.05, 4.69) is 86.6 Å². The van der Waals surface area contributed by atoms with Crippen LogP contribution in [0.15, 0.2) is 46.6 Å². The van der Waals surface area contributed by atoms with Crippen LogP contribution in [0.4, 0.5) is 0 Å². The summed E-state index contributed by atoms with van der Waals surface area (Å²) >= 11 is 0. The summed E-state index contributed by atoms with van der Waals surface area (Å²) in [6.45, 7) is 20.2. The Balaban J connectivity index is 0.000000375. The van der Waals surface area contributed by atoms with Gasteiger partial charge in [-0.3, -0.25) is 0 Å². The minimum atomic E-state index is -0.0405. The highest BCUT2D eigenvalue weighted by molar-refractivity contribution is 5.05. The van der Waals surface area contributed by atoms with Gasteiger partial charge in [-0.2, -0.15) is 0 Å². The molecule has 3 aliphatic rings. The van der Waals surface area contributed by atoms with Crippen molar-refractivity contribution in [2.24, 2.45) is 29.6 Å². The molecular formula is C47H86O3. The molecule has 0 bridgehead atoms. The lowest BCUT2D eigenvalue weighted by Crippen LogP contribution is -2.14. The lowest BCUT2D eigenvalue weighted by molar-refractivity contribution is 0.123. The van der Waals surface area contributed by atoms with E-state index >= 15 is 0 Å². The molecule has 3 saturated carbocycles. The Morgan fingerprint density at radius 3 is 1.44 bits per heavy atom. The predicted octanol–water partition coefficient (Wildman–Crippen LogP) is 13.6. The standard InChI is InChI=1S/C16H32O.C16H28O.C15H26O/c2*1-4-13(2)7-5-8-14(3)11-12-15-9-6-10-16(15)17;1-12(2)6-4-7-13(3)10-11-14-8-5-9-15(14)16/h13-17H,4-12H2,1-3H3;7,11,15-17H,4-6,8-10,12H2,1-3H3;6,10,14-16H,4-5,7-9,11H2,1-3H3/b;13-7+,14-11+;13-10+. The zero-order chi connectivity index (χ0) is 37.3. The van der Waals surface area contributed by atoms with E-state index in [9.17, 15) is 15.3 Å². The van der Waals surface area contributed by atoms with Crippen molar-refractivity contribution in [1.29, 1.82) is 0 Å². The number of allylic oxidation sites excluding steroid dienone is 8. The third-order valence-electron chi connectivity index (χ3n) is 12.2. The predicted molar refractivity (Wildman–Crippen MR) is 220 cm³/mol. The molecule has 0 radical (unpaired) electrons. The Labute approximate surface area is 312 Å². The van der Waals surface area contributed by atoms with Gasteiger partial charge in [-0.25, -0.2) is 0 Å². The molecule has 3 fully saturated rings. The highest BCUT2D eigenvalue weighted by atomic mass is 16.3. The van der Waals surface area contributed by atoms with Crippen molar-refractivity contribution in [3.8, 4) is 0 Å². The van der Waals surface area contributed by atoms with Gasteiger partial charge < -0.3 is 15.3 Å². The number of hydrogen-bond acceptors (Lipinski definition) is 3. The van der Waals surface area contributed by atoms with Crippen LogP contribution in [0.25, 0.3) is 0 Å². The van der Waals surface area contributed by atoms with E-state index in [-0.39, 0.29) is 18.3 Å². The fraction of sp³-hybridized carbons (Fsp3) is 0.830. The van der Waals surface area contributed by atoms with Gasteiger partial charge in [-0.15, -0.1) is 0 Å². The van der Waals surface area contributed by atoms with Gasteiger partial charge in [0.25, 0.3) is 0 Å². The van der Waals surface area contributed by atoms with Crippen LogP contribution in [0.3, 0.4) is 0 Å². The van der Waals surface area contributed by atoms with E-state index in [4.69, 9.17) is 0 Å². The van der Waals surface area contributed by atoms with Gasteiger partial charge in [-0.1, -0.05) is 126 Å². The topological polar surface area (TPSA) is 60.7 Å². The number of hydrogen-bond donors (Lipinski definition) is 3. The van der Waals surface area contributed by atoms with E-state index in [1.165, 1.54) is 106 Å². The molecule has 292 valence electrons. The fourth-order valence-corrected chi connectivity index (χ4v) is 7.79. The average Bonchev–Trinajstić information content (AvgIpc) is 3.82. The normalized spacial score (nSPS) is 26.9. The van der Waals surface area contributed by atoms with Gasteiger partial charge in [0.05, 0.1) is 18.3 Å².